The minimum absolute atomic E-state index is 0.00492. The van der Waals surface area contributed by atoms with E-state index in [0.29, 0.717) is 18.5 Å². The third-order valence-corrected chi connectivity index (χ3v) is 11.3. The Balaban J connectivity index is 1.08. The minimum atomic E-state index is -1.34. The van der Waals surface area contributed by atoms with Crippen molar-refractivity contribution in [2.75, 3.05) is 18.4 Å². The lowest BCUT2D eigenvalue weighted by molar-refractivity contribution is -0.126. The van der Waals surface area contributed by atoms with Crippen molar-refractivity contribution in [3.63, 3.8) is 0 Å². The van der Waals surface area contributed by atoms with E-state index < -0.39 is 29.8 Å². The average Bonchev–Trinajstić information content (AvgIpc) is 3.09. The van der Waals surface area contributed by atoms with Gasteiger partial charge in [-0.25, -0.2) is 14.4 Å². The molecule has 2 atom stereocenters. The summed E-state index contributed by atoms with van der Waals surface area (Å²) in [5.41, 5.74) is 2.15. The SMILES string of the molecule is O=C(O)c1cc(NC(=O)C(CNC(=O)C2Cc3ccccc3CN2C(=O)NCC23CC4CC(CC(C4)C2)C3)c2ccccc2)cc(C(=O)O)c1. The van der Waals surface area contributed by atoms with Crippen LogP contribution in [0, 0.1) is 23.2 Å². The van der Waals surface area contributed by atoms with E-state index in [-0.39, 0.29) is 47.3 Å². The number of hydrogen-bond acceptors (Lipinski definition) is 5. The molecule has 5 N–H and O–H groups in total. The number of nitrogens with one attached hydrogen (secondary N) is 3. The van der Waals surface area contributed by atoms with Gasteiger partial charge in [0.1, 0.15) is 6.04 Å². The summed E-state index contributed by atoms with van der Waals surface area (Å²) in [5, 5.41) is 27.8. The number of carboxylic acid groups (broad SMARTS) is 2. The van der Waals surface area contributed by atoms with Crippen LogP contribution in [0.3, 0.4) is 0 Å². The van der Waals surface area contributed by atoms with E-state index in [1.807, 2.05) is 24.3 Å². The van der Waals surface area contributed by atoms with Gasteiger partial charge in [0.05, 0.1) is 17.0 Å². The second-order valence-corrected chi connectivity index (χ2v) is 14.8. The van der Waals surface area contributed by atoms with Gasteiger partial charge in [-0.05, 0) is 96.6 Å². The number of carbonyl (C=O) groups excluding carboxylic acids is 3. The maximum atomic E-state index is 14.0. The fourth-order valence-corrected chi connectivity index (χ4v) is 9.39. The Morgan fingerprint density at radius 2 is 1.34 bits per heavy atom. The van der Waals surface area contributed by atoms with Crippen molar-refractivity contribution in [2.45, 2.75) is 63.5 Å². The molecule has 4 saturated carbocycles. The van der Waals surface area contributed by atoms with Crippen LogP contribution in [0.2, 0.25) is 0 Å². The van der Waals surface area contributed by atoms with Crippen molar-refractivity contribution in [3.8, 4) is 0 Å². The van der Waals surface area contributed by atoms with Crippen LogP contribution in [-0.2, 0) is 22.6 Å². The molecule has 0 aromatic heterocycles. The van der Waals surface area contributed by atoms with Gasteiger partial charge in [0.2, 0.25) is 11.8 Å². The van der Waals surface area contributed by atoms with Crippen LogP contribution in [-0.4, -0.2) is 64.0 Å². The van der Waals surface area contributed by atoms with Crippen molar-refractivity contribution in [3.05, 3.63) is 101 Å². The minimum Gasteiger partial charge on any atom is -0.478 e. The molecule has 4 bridgehead atoms. The van der Waals surface area contributed by atoms with E-state index in [1.165, 1.54) is 31.4 Å². The van der Waals surface area contributed by atoms with E-state index in [9.17, 15) is 34.2 Å². The zero-order valence-corrected chi connectivity index (χ0v) is 27.8. The van der Waals surface area contributed by atoms with Crippen molar-refractivity contribution in [2.24, 2.45) is 23.2 Å². The maximum absolute atomic E-state index is 14.0. The van der Waals surface area contributed by atoms with Gasteiger partial charge in [0.25, 0.3) is 0 Å². The molecule has 4 fully saturated rings. The summed E-state index contributed by atoms with van der Waals surface area (Å²) >= 11 is 0. The number of hydrogen-bond donors (Lipinski definition) is 5. The monoisotopic (exact) mass is 678 g/mol. The molecule has 11 nitrogen and oxygen atoms in total. The summed E-state index contributed by atoms with van der Waals surface area (Å²) < 4.78 is 0. The molecular formula is C39H42N4O7. The zero-order valence-electron chi connectivity index (χ0n) is 27.8. The average molecular weight is 679 g/mol. The third-order valence-electron chi connectivity index (χ3n) is 11.3. The fourth-order valence-electron chi connectivity index (χ4n) is 9.39. The van der Waals surface area contributed by atoms with E-state index in [4.69, 9.17) is 0 Å². The Labute approximate surface area is 290 Å². The first kappa shape index (κ1) is 33.3. The number of fused-ring (bicyclic) bond motifs is 1. The summed E-state index contributed by atoms with van der Waals surface area (Å²) in [5.74, 6) is -2.26. The maximum Gasteiger partial charge on any atom is 0.335 e. The summed E-state index contributed by atoms with van der Waals surface area (Å²) in [4.78, 5) is 66.6. The molecule has 8 rings (SSSR count). The lowest BCUT2D eigenvalue weighted by Gasteiger charge is -2.57. The summed E-state index contributed by atoms with van der Waals surface area (Å²) in [7, 11) is 0. The number of carbonyl (C=O) groups is 5. The third kappa shape index (κ3) is 6.94. The first-order valence-corrected chi connectivity index (χ1v) is 17.4. The van der Waals surface area contributed by atoms with Crippen LogP contribution in [0.15, 0.2) is 72.8 Å². The molecule has 3 aromatic rings. The van der Waals surface area contributed by atoms with Gasteiger partial charge < -0.3 is 31.1 Å². The second-order valence-electron chi connectivity index (χ2n) is 14.8. The highest BCUT2D eigenvalue weighted by molar-refractivity contribution is 6.00. The molecule has 4 aliphatic carbocycles. The number of anilines is 1. The van der Waals surface area contributed by atoms with Crippen molar-refractivity contribution < 1.29 is 34.2 Å². The number of nitrogens with zero attached hydrogens (tertiary/aromatic N) is 1. The van der Waals surface area contributed by atoms with Gasteiger partial charge in [-0.2, -0.15) is 0 Å². The molecule has 3 aromatic carbocycles. The molecule has 11 heteroatoms. The van der Waals surface area contributed by atoms with E-state index in [2.05, 4.69) is 16.0 Å². The predicted molar refractivity (Wildman–Crippen MR) is 185 cm³/mol. The Morgan fingerprint density at radius 1 is 0.760 bits per heavy atom. The molecule has 4 amide bonds. The number of aromatic carboxylic acids is 2. The molecule has 2 unspecified atom stereocenters. The smallest absolute Gasteiger partial charge is 0.335 e. The van der Waals surface area contributed by atoms with Gasteiger partial charge in [-0.15, -0.1) is 0 Å². The number of carboxylic acids is 2. The second kappa shape index (κ2) is 13.6. The highest BCUT2D eigenvalue weighted by Gasteiger charge is 2.51. The van der Waals surface area contributed by atoms with E-state index >= 15 is 0 Å². The summed E-state index contributed by atoms with van der Waals surface area (Å²) in [6.07, 6.45) is 7.76. The standard InChI is InChI=1S/C39H42N4O7/c44-34(42-31-14-29(36(46)47)13-30(15-31)37(48)49)32(26-6-2-1-3-7-26)20-40-35(45)33-16-27-8-4-5-9-28(27)21-43(33)38(50)41-22-39-17-23-10-24(18-39)12-25(11-23)19-39/h1-9,13-15,23-25,32-33H,10-12,16-22H2,(H,40,45)(H,41,50)(H,42,44)(H,46,47)(H,48,49). The largest absolute Gasteiger partial charge is 0.478 e. The molecular weight excluding hydrogens is 636 g/mol. The Kier molecular flexibility index (Phi) is 9.07. The molecule has 260 valence electrons. The van der Waals surface area contributed by atoms with Crippen molar-refractivity contribution in [1.82, 2.24) is 15.5 Å². The molecule has 0 saturated heterocycles. The first-order valence-electron chi connectivity index (χ1n) is 17.4. The van der Waals surface area contributed by atoms with Gasteiger partial charge in [-0.3, -0.25) is 9.59 Å². The summed E-state index contributed by atoms with van der Waals surface area (Å²) in [6.45, 7) is 0.792. The zero-order chi connectivity index (χ0) is 35.0. The van der Waals surface area contributed by atoms with Gasteiger partial charge in [-0.1, -0.05) is 54.6 Å². The molecule has 0 spiro atoms. The van der Waals surface area contributed by atoms with E-state index in [0.717, 1.165) is 54.2 Å². The van der Waals surface area contributed by atoms with Crippen molar-refractivity contribution in [1.29, 1.82) is 0 Å². The highest BCUT2D eigenvalue weighted by atomic mass is 16.4. The topological polar surface area (TPSA) is 165 Å². The van der Waals surface area contributed by atoms with Gasteiger partial charge >= 0.3 is 18.0 Å². The molecule has 5 aliphatic rings. The Bertz CT molecular complexity index is 1760. The lowest BCUT2D eigenvalue weighted by atomic mass is 9.49. The van der Waals surface area contributed by atoms with Gasteiger partial charge in [0.15, 0.2) is 0 Å². The molecule has 0 radical (unpaired) electrons. The van der Waals surface area contributed by atoms with Crippen LogP contribution in [0.25, 0.3) is 0 Å². The quantitative estimate of drug-likeness (QED) is 0.195. The van der Waals surface area contributed by atoms with Gasteiger partial charge in [0, 0.05) is 31.7 Å². The lowest BCUT2D eigenvalue weighted by Crippen LogP contribution is -2.58. The van der Waals surface area contributed by atoms with Crippen LogP contribution >= 0.6 is 0 Å². The van der Waals surface area contributed by atoms with Crippen LogP contribution < -0.4 is 16.0 Å². The number of amides is 4. The van der Waals surface area contributed by atoms with Crippen LogP contribution in [0.5, 0.6) is 0 Å². The Hall–Kier alpha value is -5.19. The fraction of sp³-hybridized carbons (Fsp3) is 0.410. The number of benzene rings is 3. The predicted octanol–water partition coefficient (Wildman–Crippen LogP) is 5.27. The van der Waals surface area contributed by atoms with Crippen LogP contribution in [0.4, 0.5) is 10.5 Å². The normalized spacial score (nSPS) is 25.2. The molecule has 1 aliphatic heterocycles. The summed E-state index contributed by atoms with van der Waals surface area (Å²) in [6, 6.07) is 18.9. The molecule has 1 heterocycles. The highest BCUT2D eigenvalue weighted by Crippen LogP contribution is 2.59. The van der Waals surface area contributed by atoms with E-state index in [1.54, 1.807) is 35.2 Å². The molecule has 50 heavy (non-hydrogen) atoms. The Morgan fingerprint density at radius 3 is 1.94 bits per heavy atom. The van der Waals surface area contributed by atoms with Crippen molar-refractivity contribution >= 4 is 35.5 Å². The number of rotatable bonds is 10. The van der Waals surface area contributed by atoms with Crippen LogP contribution in [0.1, 0.15) is 81.8 Å². The first-order chi connectivity index (χ1) is 24.1. The number of urea groups is 1.